The van der Waals surface area contributed by atoms with Crippen LogP contribution in [0.25, 0.3) is 0 Å². The molecule has 0 saturated heterocycles. The molecule has 6 heteroatoms. The summed E-state index contributed by atoms with van der Waals surface area (Å²) in [6.07, 6.45) is 7.76. The van der Waals surface area contributed by atoms with Gasteiger partial charge in [-0.1, -0.05) is 45.9 Å². The SMILES string of the molecule is CC[C@H](C)C(=O)O[C@H]1C[C@@H](C)C=C2C=C[C@H](C)[C@H](CC[C@@H](O)C[C@@H](O)CC(=O)OC)[C@H]21. The van der Waals surface area contributed by atoms with Gasteiger partial charge in [-0.3, -0.25) is 9.59 Å². The molecule has 0 bridgehead atoms. The van der Waals surface area contributed by atoms with Gasteiger partial charge in [-0.2, -0.15) is 0 Å². The lowest BCUT2D eigenvalue weighted by molar-refractivity contribution is -0.158. The van der Waals surface area contributed by atoms with Gasteiger partial charge in [-0.15, -0.1) is 0 Å². The average molecular weight is 437 g/mol. The molecule has 6 nitrogen and oxygen atoms in total. The van der Waals surface area contributed by atoms with Crippen molar-refractivity contribution in [2.75, 3.05) is 7.11 Å². The smallest absolute Gasteiger partial charge is 0.308 e. The largest absolute Gasteiger partial charge is 0.469 e. The van der Waals surface area contributed by atoms with Crippen LogP contribution in [0.4, 0.5) is 0 Å². The average Bonchev–Trinajstić information content (AvgIpc) is 2.72. The Kier molecular flexibility index (Phi) is 9.76. The Morgan fingerprint density at radius 1 is 1.23 bits per heavy atom. The van der Waals surface area contributed by atoms with E-state index < -0.39 is 18.2 Å². The van der Waals surface area contributed by atoms with Crippen LogP contribution in [0.3, 0.4) is 0 Å². The fourth-order valence-corrected chi connectivity index (χ4v) is 4.83. The molecule has 0 aromatic rings. The first-order valence-corrected chi connectivity index (χ1v) is 11.7. The molecule has 176 valence electrons. The van der Waals surface area contributed by atoms with Gasteiger partial charge in [0, 0.05) is 5.92 Å². The molecule has 0 heterocycles. The Morgan fingerprint density at radius 3 is 2.58 bits per heavy atom. The molecule has 2 aliphatic carbocycles. The van der Waals surface area contributed by atoms with E-state index in [4.69, 9.17) is 4.74 Å². The second kappa shape index (κ2) is 11.8. The number of aliphatic hydroxyl groups excluding tert-OH is 2. The molecule has 0 spiro atoms. The molecule has 31 heavy (non-hydrogen) atoms. The van der Waals surface area contributed by atoms with Crippen LogP contribution in [0.15, 0.2) is 23.8 Å². The summed E-state index contributed by atoms with van der Waals surface area (Å²) < 4.78 is 10.6. The molecular weight excluding hydrogens is 396 g/mol. The van der Waals surface area contributed by atoms with Crippen molar-refractivity contribution in [3.63, 3.8) is 0 Å². The topological polar surface area (TPSA) is 93.1 Å². The molecular formula is C25H40O6. The highest BCUT2D eigenvalue weighted by molar-refractivity contribution is 5.72. The number of carbonyl (C=O) groups excluding carboxylic acids is 2. The predicted molar refractivity (Wildman–Crippen MR) is 119 cm³/mol. The van der Waals surface area contributed by atoms with E-state index in [1.807, 2.05) is 13.8 Å². The zero-order valence-corrected chi connectivity index (χ0v) is 19.6. The van der Waals surface area contributed by atoms with E-state index in [-0.39, 0.29) is 42.7 Å². The van der Waals surface area contributed by atoms with Crippen molar-refractivity contribution in [1.29, 1.82) is 0 Å². The maximum Gasteiger partial charge on any atom is 0.308 e. The molecule has 0 aromatic heterocycles. The number of aliphatic hydroxyl groups is 2. The van der Waals surface area contributed by atoms with Crippen molar-refractivity contribution < 1.29 is 29.3 Å². The number of fused-ring (bicyclic) bond motifs is 1. The van der Waals surface area contributed by atoms with E-state index in [1.165, 1.54) is 12.7 Å². The van der Waals surface area contributed by atoms with Gasteiger partial charge in [0.1, 0.15) is 6.10 Å². The highest BCUT2D eigenvalue weighted by Crippen LogP contribution is 2.45. The van der Waals surface area contributed by atoms with Gasteiger partial charge >= 0.3 is 11.9 Å². The number of rotatable bonds is 10. The monoisotopic (exact) mass is 436 g/mol. The van der Waals surface area contributed by atoms with Gasteiger partial charge < -0.3 is 19.7 Å². The van der Waals surface area contributed by atoms with Gasteiger partial charge in [-0.05, 0) is 55.4 Å². The zero-order valence-electron chi connectivity index (χ0n) is 19.6. The minimum atomic E-state index is -0.915. The van der Waals surface area contributed by atoms with Crippen LogP contribution in [0.2, 0.25) is 0 Å². The Labute approximate surface area is 186 Å². The third-order valence-corrected chi connectivity index (χ3v) is 6.88. The number of ether oxygens (including phenoxy) is 2. The maximum absolute atomic E-state index is 12.5. The fourth-order valence-electron chi connectivity index (χ4n) is 4.83. The van der Waals surface area contributed by atoms with Crippen LogP contribution in [0, 0.1) is 29.6 Å². The van der Waals surface area contributed by atoms with E-state index >= 15 is 0 Å². The Bertz CT molecular complexity index is 669. The minimum absolute atomic E-state index is 0.113. The third kappa shape index (κ3) is 7.18. The second-order valence-corrected chi connectivity index (χ2v) is 9.47. The summed E-state index contributed by atoms with van der Waals surface area (Å²) in [7, 11) is 1.28. The number of methoxy groups -OCH3 is 1. The zero-order chi connectivity index (χ0) is 23.1. The predicted octanol–water partition coefficient (Wildman–Crippen LogP) is 3.80. The van der Waals surface area contributed by atoms with Crippen molar-refractivity contribution in [3.8, 4) is 0 Å². The van der Waals surface area contributed by atoms with Crippen molar-refractivity contribution in [1.82, 2.24) is 0 Å². The molecule has 2 aliphatic rings. The molecule has 0 aromatic carbocycles. The fraction of sp³-hybridized carbons (Fsp3) is 0.760. The summed E-state index contributed by atoms with van der Waals surface area (Å²) in [6, 6.07) is 0. The van der Waals surface area contributed by atoms with Gasteiger partial charge in [0.15, 0.2) is 0 Å². The van der Waals surface area contributed by atoms with Gasteiger partial charge in [0.05, 0.1) is 31.7 Å². The summed E-state index contributed by atoms with van der Waals surface area (Å²) in [5.41, 5.74) is 1.23. The van der Waals surface area contributed by atoms with Crippen LogP contribution >= 0.6 is 0 Å². The maximum atomic E-state index is 12.5. The van der Waals surface area contributed by atoms with Crippen molar-refractivity contribution in [3.05, 3.63) is 23.8 Å². The first kappa shape index (κ1) is 25.6. The van der Waals surface area contributed by atoms with Crippen LogP contribution < -0.4 is 0 Å². The number of hydrogen-bond donors (Lipinski definition) is 2. The minimum Gasteiger partial charge on any atom is -0.469 e. The summed E-state index contributed by atoms with van der Waals surface area (Å²) in [5.74, 6) is 0.280. The van der Waals surface area contributed by atoms with E-state index in [9.17, 15) is 19.8 Å². The summed E-state index contributed by atoms with van der Waals surface area (Å²) in [6.45, 7) is 8.22. The Hall–Kier alpha value is -1.66. The van der Waals surface area contributed by atoms with Gasteiger partial charge in [0.25, 0.3) is 0 Å². The van der Waals surface area contributed by atoms with Crippen molar-refractivity contribution in [2.24, 2.45) is 29.6 Å². The quantitative estimate of drug-likeness (QED) is 0.506. The highest BCUT2D eigenvalue weighted by Gasteiger charge is 2.41. The number of carbonyl (C=O) groups is 2. The molecule has 0 aliphatic heterocycles. The van der Waals surface area contributed by atoms with Crippen LogP contribution in [0.5, 0.6) is 0 Å². The summed E-state index contributed by atoms with van der Waals surface area (Å²) in [4.78, 5) is 23.9. The van der Waals surface area contributed by atoms with E-state index in [2.05, 4.69) is 36.8 Å². The normalized spacial score (nSPS) is 30.5. The lowest BCUT2D eigenvalue weighted by Gasteiger charge is -2.43. The number of esters is 2. The van der Waals surface area contributed by atoms with Gasteiger partial charge in [0.2, 0.25) is 0 Å². The molecule has 0 amide bonds. The van der Waals surface area contributed by atoms with Crippen LogP contribution in [0.1, 0.15) is 66.2 Å². The molecule has 0 saturated carbocycles. The van der Waals surface area contributed by atoms with Crippen LogP contribution in [-0.4, -0.2) is 47.6 Å². The first-order chi connectivity index (χ1) is 14.7. The summed E-state index contributed by atoms with van der Waals surface area (Å²) >= 11 is 0. The molecule has 0 fully saturated rings. The van der Waals surface area contributed by atoms with Crippen molar-refractivity contribution in [2.45, 2.75) is 84.5 Å². The van der Waals surface area contributed by atoms with E-state index in [0.29, 0.717) is 18.3 Å². The molecule has 0 unspecified atom stereocenters. The summed E-state index contributed by atoms with van der Waals surface area (Å²) in [5, 5.41) is 20.5. The highest BCUT2D eigenvalue weighted by atomic mass is 16.5. The van der Waals surface area contributed by atoms with Gasteiger partial charge in [-0.25, -0.2) is 0 Å². The second-order valence-electron chi connectivity index (χ2n) is 9.47. The lowest BCUT2D eigenvalue weighted by atomic mass is 9.65. The van der Waals surface area contributed by atoms with E-state index in [1.54, 1.807) is 0 Å². The molecule has 8 atom stereocenters. The molecule has 2 N–H and O–H groups in total. The lowest BCUT2D eigenvalue weighted by Crippen LogP contribution is -2.41. The third-order valence-electron chi connectivity index (χ3n) is 6.88. The van der Waals surface area contributed by atoms with Crippen LogP contribution in [-0.2, 0) is 19.1 Å². The Balaban J connectivity index is 2.06. The standard InChI is InChI=1S/C25H40O6/c1-6-16(3)25(29)31-22-12-15(2)11-18-8-7-17(4)21(24(18)22)10-9-19(26)13-20(27)14-23(28)30-5/h7-8,11,15-17,19-22,24,26-27H,6,9-10,12-14H2,1-5H3/t15-,16-,17-,19+,20+,21-,22-,24-/m0/s1. The van der Waals surface area contributed by atoms with E-state index in [0.717, 1.165) is 19.3 Å². The first-order valence-electron chi connectivity index (χ1n) is 11.7. The molecule has 0 radical (unpaired) electrons. The van der Waals surface area contributed by atoms with Crippen molar-refractivity contribution >= 4 is 11.9 Å². The Morgan fingerprint density at radius 2 is 1.94 bits per heavy atom. The molecule has 2 rings (SSSR count). The number of allylic oxidation sites excluding steroid dienone is 3. The number of hydrogen-bond acceptors (Lipinski definition) is 6.